The number of carbonyl (C=O) groups excluding carboxylic acids is 2. The first kappa shape index (κ1) is 15.9. The third-order valence-electron chi connectivity index (χ3n) is 4.36. The summed E-state index contributed by atoms with van der Waals surface area (Å²) in [5.74, 6) is 0.413. The van der Waals surface area contributed by atoms with Gasteiger partial charge in [-0.25, -0.2) is 4.98 Å². The molecule has 2 amide bonds. The molecule has 0 aromatic carbocycles. The second kappa shape index (κ2) is 6.28. The second-order valence-corrected chi connectivity index (χ2v) is 7.08. The lowest BCUT2D eigenvalue weighted by Gasteiger charge is -2.17. The number of rotatable bonds is 3. The van der Waals surface area contributed by atoms with Gasteiger partial charge < -0.3 is 9.80 Å². The van der Waals surface area contributed by atoms with Gasteiger partial charge >= 0.3 is 0 Å². The van der Waals surface area contributed by atoms with Crippen LogP contribution in [0.4, 0.5) is 0 Å². The summed E-state index contributed by atoms with van der Waals surface area (Å²) in [5, 5.41) is 1.05. The highest BCUT2D eigenvalue weighted by molar-refractivity contribution is 7.20. The van der Waals surface area contributed by atoms with Crippen LogP contribution in [-0.4, -0.2) is 53.8 Å². The van der Waals surface area contributed by atoms with Crippen LogP contribution in [0.1, 0.15) is 40.9 Å². The molecule has 0 radical (unpaired) electrons. The van der Waals surface area contributed by atoms with Crippen molar-refractivity contribution in [1.82, 2.24) is 14.8 Å². The van der Waals surface area contributed by atoms with Gasteiger partial charge in [-0.3, -0.25) is 9.59 Å². The van der Waals surface area contributed by atoms with Gasteiger partial charge in [0.2, 0.25) is 5.91 Å². The number of fused-ring (bicyclic) bond motifs is 1. The molecule has 6 heteroatoms. The van der Waals surface area contributed by atoms with E-state index in [1.165, 1.54) is 11.3 Å². The lowest BCUT2D eigenvalue weighted by molar-refractivity contribution is -0.129. The topological polar surface area (TPSA) is 53.5 Å². The van der Waals surface area contributed by atoms with Crippen molar-refractivity contribution in [2.45, 2.75) is 25.7 Å². The Morgan fingerprint density at radius 2 is 2.22 bits per heavy atom. The van der Waals surface area contributed by atoms with E-state index >= 15 is 0 Å². The standard InChI is InChI=1S/C17H21N3O2S/c1-4-13(21)20-9-7-11(10-20)14-12-6-5-8-18-16(12)23-15(14)17(22)19(2)3/h5-6,8,11H,4,7,9-10H2,1-3H3/t11-/m1/s1. The fourth-order valence-corrected chi connectivity index (χ4v) is 4.42. The fraction of sp³-hybridized carbons (Fsp3) is 0.471. The second-order valence-electron chi connectivity index (χ2n) is 6.08. The molecule has 0 unspecified atom stereocenters. The van der Waals surface area contributed by atoms with Gasteiger partial charge in [0.05, 0.1) is 4.88 Å². The number of likely N-dealkylation sites (tertiary alicyclic amines) is 1. The summed E-state index contributed by atoms with van der Waals surface area (Å²) in [5.41, 5.74) is 1.07. The predicted octanol–water partition coefficient (Wildman–Crippen LogP) is 2.72. The van der Waals surface area contributed by atoms with E-state index < -0.39 is 0 Å². The van der Waals surface area contributed by atoms with Crippen LogP contribution in [0.2, 0.25) is 0 Å². The van der Waals surface area contributed by atoms with E-state index in [2.05, 4.69) is 4.98 Å². The maximum atomic E-state index is 12.6. The van der Waals surface area contributed by atoms with Crippen molar-refractivity contribution in [2.24, 2.45) is 0 Å². The first-order valence-corrected chi connectivity index (χ1v) is 8.71. The van der Waals surface area contributed by atoms with Crippen LogP contribution in [0.15, 0.2) is 18.3 Å². The first-order valence-electron chi connectivity index (χ1n) is 7.89. The number of aromatic nitrogens is 1. The van der Waals surface area contributed by atoms with Crippen LogP contribution >= 0.6 is 11.3 Å². The van der Waals surface area contributed by atoms with Gasteiger partial charge in [0.25, 0.3) is 5.91 Å². The van der Waals surface area contributed by atoms with Gasteiger partial charge in [-0.15, -0.1) is 11.3 Å². The first-order chi connectivity index (χ1) is 11.0. The highest BCUT2D eigenvalue weighted by Crippen LogP contribution is 2.39. The Morgan fingerprint density at radius 1 is 1.43 bits per heavy atom. The summed E-state index contributed by atoms with van der Waals surface area (Å²) in [7, 11) is 3.54. The monoisotopic (exact) mass is 331 g/mol. The summed E-state index contributed by atoms with van der Waals surface area (Å²) in [4.78, 5) is 34.1. The van der Waals surface area contributed by atoms with Crippen molar-refractivity contribution in [3.8, 4) is 0 Å². The summed E-state index contributed by atoms with van der Waals surface area (Å²) < 4.78 is 0. The Balaban J connectivity index is 2.04. The van der Waals surface area contributed by atoms with Crippen LogP contribution in [0, 0.1) is 0 Å². The molecule has 1 aliphatic rings. The number of hydrogen-bond acceptors (Lipinski definition) is 4. The Hall–Kier alpha value is -1.95. The molecule has 0 spiro atoms. The summed E-state index contributed by atoms with van der Waals surface area (Å²) in [6.45, 7) is 3.35. The zero-order chi connectivity index (χ0) is 16.6. The number of carbonyl (C=O) groups is 2. The van der Waals surface area contributed by atoms with E-state index in [0.29, 0.717) is 13.0 Å². The van der Waals surface area contributed by atoms with E-state index in [9.17, 15) is 9.59 Å². The van der Waals surface area contributed by atoms with Gasteiger partial charge in [0, 0.05) is 51.1 Å². The number of amides is 2. The number of hydrogen-bond donors (Lipinski definition) is 0. The van der Waals surface area contributed by atoms with Crippen molar-refractivity contribution < 1.29 is 9.59 Å². The fourth-order valence-electron chi connectivity index (χ4n) is 3.16. The molecule has 0 saturated carbocycles. The van der Waals surface area contributed by atoms with Gasteiger partial charge in [0.1, 0.15) is 4.83 Å². The summed E-state index contributed by atoms with van der Waals surface area (Å²) in [6.07, 6.45) is 3.19. The van der Waals surface area contributed by atoms with E-state index in [-0.39, 0.29) is 17.7 Å². The van der Waals surface area contributed by atoms with Crippen molar-refractivity contribution >= 4 is 33.4 Å². The smallest absolute Gasteiger partial charge is 0.263 e. The number of pyridine rings is 1. The molecular formula is C17H21N3O2S. The highest BCUT2D eigenvalue weighted by Gasteiger charge is 2.32. The largest absolute Gasteiger partial charge is 0.344 e. The van der Waals surface area contributed by atoms with Crippen LogP contribution in [0.5, 0.6) is 0 Å². The molecule has 1 fully saturated rings. The maximum Gasteiger partial charge on any atom is 0.263 e. The van der Waals surface area contributed by atoms with Gasteiger partial charge in [-0.05, 0) is 18.1 Å². The minimum Gasteiger partial charge on any atom is -0.344 e. The maximum absolute atomic E-state index is 12.6. The average Bonchev–Trinajstić information content (AvgIpc) is 3.17. The normalized spacial score (nSPS) is 17.7. The molecule has 3 rings (SSSR count). The Morgan fingerprint density at radius 3 is 2.91 bits per heavy atom. The molecule has 0 aliphatic carbocycles. The van der Waals surface area contributed by atoms with Crippen LogP contribution in [0.25, 0.3) is 10.2 Å². The lowest BCUT2D eigenvalue weighted by Crippen LogP contribution is -2.28. The zero-order valence-electron chi connectivity index (χ0n) is 13.7. The van der Waals surface area contributed by atoms with Crippen molar-refractivity contribution in [3.63, 3.8) is 0 Å². The molecule has 23 heavy (non-hydrogen) atoms. The molecule has 1 aliphatic heterocycles. The minimum absolute atomic E-state index is 0.0169. The van der Waals surface area contributed by atoms with Gasteiger partial charge in [0.15, 0.2) is 0 Å². The molecule has 122 valence electrons. The number of thiophene rings is 1. The van der Waals surface area contributed by atoms with E-state index in [0.717, 1.165) is 33.6 Å². The lowest BCUT2D eigenvalue weighted by atomic mass is 9.95. The summed E-state index contributed by atoms with van der Waals surface area (Å²) in [6, 6.07) is 3.94. The molecule has 5 nitrogen and oxygen atoms in total. The van der Waals surface area contributed by atoms with Crippen molar-refractivity contribution in [2.75, 3.05) is 27.2 Å². The molecule has 2 aromatic heterocycles. The Labute approximate surface area is 139 Å². The Kier molecular flexibility index (Phi) is 4.35. The van der Waals surface area contributed by atoms with Crippen LogP contribution in [-0.2, 0) is 4.79 Å². The van der Waals surface area contributed by atoms with E-state index in [1.54, 1.807) is 25.2 Å². The third kappa shape index (κ3) is 2.83. The van der Waals surface area contributed by atoms with Gasteiger partial charge in [-0.1, -0.05) is 13.0 Å². The van der Waals surface area contributed by atoms with Crippen LogP contribution in [0.3, 0.4) is 0 Å². The molecule has 3 heterocycles. The van der Waals surface area contributed by atoms with Crippen LogP contribution < -0.4 is 0 Å². The molecule has 1 atom stereocenters. The van der Waals surface area contributed by atoms with Crippen molar-refractivity contribution in [1.29, 1.82) is 0 Å². The Bertz CT molecular complexity index is 753. The third-order valence-corrected chi connectivity index (χ3v) is 5.47. The van der Waals surface area contributed by atoms with Gasteiger partial charge in [-0.2, -0.15) is 0 Å². The number of nitrogens with zero attached hydrogens (tertiary/aromatic N) is 3. The van der Waals surface area contributed by atoms with E-state index in [4.69, 9.17) is 0 Å². The SMILES string of the molecule is CCC(=O)N1CC[C@@H](c2c(C(=O)N(C)C)sc3ncccc23)C1. The average molecular weight is 331 g/mol. The highest BCUT2D eigenvalue weighted by atomic mass is 32.1. The predicted molar refractivity (Wildman–Crippen MR) is 91.9 cm³/mol. The molecule has 0 bridgehead atoms. The molecule has 1 saturated heterocycles. The van der Waals surface area contributed by atoms with E-state index in [1.807, 2.05) is 24.0 Å². The molecule has 2 aromatic rings. The molecule has 0 N–H and O–H groups in total. The minimum atomic E-state index is 0.0169. The summed E-state index contributed by atoms with van der Waals surface area (Å²) >= 11 is 1.46. The molecular weight excluding hydrogens is 310 g/mol. The van der Waals surface area contributed by atoms with Crippen molar-refractivity contribution in [3.05, 3.63) is 28.8 Å². The quantitative estimate of drug-likeness (QED) is 0.869. The zero-order valence-corrected chi connectivity index (χ0v) is 14.5.